The fraction of sp³-hybridized carbons (Fsp3) is 0.562. The number of carbonyl (C=O) groups is 1. The number of carbonyl (C=O) groups excluding carboxylic acids is 1. The van der Waals surface area contributed by atoms with Crippen LogP contribution in [0.4, 0.5) is 5.69 Å². The van der Waals surface area contributed by atoms with Crippen LogP contribution >= 0.6 is 0 Å². The topological polar surface area (TPSA) is 75.7 Å². The Labute approximate surface area is 138 Å². The summed E-state index contributed by atoms with van der Waals surface area (Å²) in [7, 11) is -1.78. The molecule has 0 aliphatic rings. The number of aryl methyl sites for hydroxylation is 1. The van der Waals surface area contributed by atoms with Gasteiger partial charge in [0, 0.05) is 19.5 Å². The van der Waals surface area contributed by atoms with Gasteiger partial charge in [0.05, 0.1) is 19.1 Å². The van der Waals surface area contributed by atoms with E-state index in [0.29, 0.717) is 18.0 Å². The largest absolute Gasteiger partial charge is 0.495 e. The summed E-state index contributed by atoms with van der Waals surface area (Å²) in [5.41, 5.74) is 1.59. The summed E-state index contributed by atoms with van der Waals surface area (Å²) in [6, 6.07) is 5.49. The Hall–Kier alpha value is -1.60. The van der Waals surface area contributed by atoms with E-state index < -0.39 is 10.0 Å². The van der Waals surface area contributed by atoms with Crippen LogP contribution in [0.3, 0.4) is 0 Å². The number of nitrogens with one attached hydrogen (secondary N) is 1. The number of rotatable bonds is 8. The highest BCUT2D eigenvalue weighted by Gasteiger charge is 2.19. The molecule has 1 amide bonds. The molecule has 0 aliphatic carbocycles. The first-order valence-corrected chi connectivity index (χ1v) is 9.38. The fourth-order valence-corrected chi connectivity index (χ4v) is 3.15. The van der Waals surface area contributed by atoms with E-state index in [0.717, 1.165) is 11.8 Å². The summed E-state index contributed by atoms with van der Waals surface area (Å²) in [4.78, 5) is 12.1. The standard InChI is InChI=1S/C16H26N2O4S/c1-12(2)11-18(23(5,20)21)9-8-16(19)17-14-10-13(3)6-7-15(14)22-4/h6-7,10,12H,8-9,11H2,1-5H3,(H,17,19). The Balaban J connectivity index is 2.71. The number of sulfonamides is 1. The number of amides is 1. The van der Waals surface area contributed by atoms with Crippen molar-refractivity contribution < 1.29 is 17.9 Å². The molecule has 7 heteroatoms. The summed E-state index contributed by atoms with van der Waals surface area (Å²) in [5.74, 6) is 0.530. The van der Waals surface area contributed by atoms with Gasteiger partial charge in [-0.3, -0.25) is 4.79 Å². The maximum Gasteiger partial charge on any atom is 0.225 e. The molecule has 0 aliphatic heterocycles. The van der Waals surface area contributed by atoms with E-state index in [-0.39, 0.29) is 24.8 Å². The molecule has 0 unspecified atom stereocenters. The van der Waals surface area contributed by atoms with Gasteiger partial charge in [-0.25, -0.2) is 12.7 Å². The van der Waals surface area contributed by atoms with Gasteiger partial charge in [0.15, 0.2) is 0 Å². The number of ether oxygens (including phenoxy) is 1. The lowest BCUT2D eigenvalue weighted by atomic mass is 10.2. The normalized spacial score (nSPS) is 11.8. The molecular weight excluding hydrogens is 316 g/mol. The summed E-state index contributed by atoms with van der Waals surface area (Å²) < 4.78 is 30.1. The smallest absolute Gasteiger partial charge is 0.225 e. The van der Waals surface area contributed by atoms with Crippen molar-refractivity contribution in [2.45, 2.75) is 27.2 Å². The van der Waals surface area contributed by atoms with Gasteiger partial charge in [-0.1, -0.05) is 19.9 Å². The average molecular weight is 342 g/mol. The van der Waals surface area contributed by atoms with Crippen molar-refractivity contribution in [3.8, 4) is 5.75 Å². The Morgan fingerprint density at radius 3 is 2.52 bits per heavy atom. The van der Waals surface area contributed by atoms with E-state index in [9.17, 15) is 13.2 Å². The summed E-state index contributed by atoms with van der Waals surface area (Å²) in [6.45, 7) is 6.37. The number of benzene rings is 1. The first kappa shape index (κ1) is 19.4. The molecule has 1 aromatic carbocycles. The molecule has 6 nitrogen and oxygen atoms in total. The molecular formula is C16H26N2O4S. The van der Waals surface area contributed by atoms with Gasteiger partial charge in [0.25, 0.3) is 0 Å². The maximum absolute atomic E-state index is 12.1. The van der Waals surface area contributed by atoms with Crippen LogP contribution in [0.25, 0.3) is 0 Å². The van der Waals surface area contributed by atoms with Crippen molar-refractivity contribution in [2.75, 3.05) is 31.8 Å². The Bertz CT molecular complexity index is 641. The van der Waals surface area contributed by atoms with Crippen molar-refractivity contribution in [3.63, 3.8) is 0 Å². The minimum atomic E-state index is -3.32. The van der Waals surface area contributed by atoms with Gasteiger partial charge in [0.2, 0.25) is 15.9 Å². The molecule has 130 valence electrons. The van der Waals surface area contributed by atoms with E-state index in [1.54, 1.807) is 6.07 Å². The van der Waals surface area contributed by atoms with Gasteiger partial charge in [0.1, 0.15) is 5.75 Å². The average Bonchev–Trinajstić information content (AvgIpc) is 2.42. The zero-order chi connectivity index (χ0) is 17.6. The molecule has 0 saturated heterocycles. The van der Waals surface area contributed by atoms with Crippen LogP contribution in [0.1, 0.15) is 25.8 Å². The van der Waals surface area contributed by atoms with Crippen molar-refractivity contribution in [1.29, 1.82) is 0 Å². The van der Waals surface area contributed by atoms with Crippen LogP contribution in [0, 0.1) is 12.8 Å². The Kier molecular flexibility index (Phi) is 7.02. The van der Waals surface area contributed by atoms with Gasteiger partial charge in [-0.05, 0) is 30.5 Å². The lowest BCUT2D eigenvalue weighted by molar-refractivity contribution is -0.116. The molecule has 1 aromatic rings. The van der Waals surface area contributed by atoms with Crippen molar-refractivity contribution in [2.24, 2.45) is 5.92 Å². The quantitative estimate of drug-likeness (QED) is 0.786. The van der Waals surface area contributed by atoms with Crippen molar-refractivity contribution >= 4 is 21.6 Å². The van der Waals surface area contributed by atoms with E-state index in [1.807, 2.05) is 32.9 Å². The van der Waals surface area contributed by atoms with Gasteiger partial charge in [-0.15, -0.1) is 0 Å². The highest BCUT2D eigenvalue weighted by atomic mass is 32.2. The van der Waals surface area contributed by atoms with Crippen LogP contribution in [0.15, 0.2) is 18.2 Å². The van der Waals surface area contributed by atoms with Crippen LogP contribution in [0.2, 0.25) is 0 Å². The summed E-state index contributed by atoms with van der Waals surface area (Å²) >= 11 is 0. The third kappa shape index (κ3) is 6.58. The predicted molar refractivity (Wildman–Crippen MR) is 92.2 cm³/mol. The number of methoxy groups -OCH3 is 1. The third-order valence-corrected chi connectivity index (χ3v) is 4.52. The molecule has 0 heterocycles. The SMILES string of the molecule is COc1ccc(C)cc1NC(=O)CCN(CC(C)C)S(C)(=O)=O. The van der Waals surface area contributed by atoms with Crippen molar-refractivity contribution in [1.82, 2.24) is 4.31 Å². The maximum atomic E-state index is 12.1. The van der Waals surface area contributed by atoms with Gasteiger partial charge in [-0.2, -0.15) is 0 Å². The molecule has 0 radical (unpaired) electrons. The number of anilines is 1. The highest BCUT2D eigenvalue weighted by Crippen LogP contribution is 2.25. The third-order valence-electron chi connectivity index (χ3n) is 3.26. The summed E-state index contributed by atoms with van der Waals surface area (Å²) in [6.07, 6.45) is 1.26. The first-order valence-electron chi connectivity index (χ1n) is 7.53. The minimum Gasteiger partial charge on any atom is -0.495 e. The van der Waals surface area contributed by atoms with Crippen LogP contribution < -0.4 is 10.1 Å². The second-order valence-corrected chi connectivity index (χ2v) is 8.00. The lowest BCUT2D eigenvalue weighted by Gasteiger charge is -2.21. The van der Waals surface area contributed by atoms with E-state index >= 15 is 0 Å². The monoisotopic (exact) mass is 342 g/mol. The predicted octanol–water partition coefficient (Wildman–Crippen LogP) is 2.25. The lowest BCUT2D eigenvalue weighted by Crippen LogP contribution is -2.35. The Morgan fingerprint density at radius 2 is 2.00 bits per heavy atom. The van der Waals surface area contributed by atoms with E-state index in [4.69, 9.17) is 4.74 Å². The van der Waals surface area contributed by atoms with Crippen LogP contribution in [-0.4, -0.2) is 45.1 Å². The van der Waals surface area contributed by atoms with Crippen LogP contribution in [-0.2, 0) is 14.8 Å². The zero-order valence-corrected chi connectivity index (χ0v) is 15.2. The highest BCUT2D eigenvalue weighted by molar-refractivity contribution is 7.88. The molecule has 0 spiro atoms. The minimum absolute atomic E-state index is 0.0941. The fourth-order valence-electron chi connectivity index (χ4n) is 2.16. The zero-order valence-electron chi connectivity index (χ0n) is 14.4. The number of nitrogens with zero attached hydrogens (tertiary/aromatic N) is 1. The molecule has 23 heavy (non-hydrogen) atoms. The van der Waals surface area contributed by atoms with E-state index in [1.165, 1.54) is 11.4 Å². The molecule has 0 atom stereocenters. The first-order chi connectivity index (χ1) is 10.6. The second-order valence-electron chi connectivity index (χ2n) is 6.02. The summed E-state index contributed by atoms with van der Waals surface area (Å²) in [5, 5.41) is 2.78. The molecule has 0 bridgehead atoms. The van der Waals surface area contributed by atoms with Gasteiger partial charge >= 0.3 is 0 Å². The molecule has 0 aromatic heterocycles. The molecule has 1 N–H and O–H groups in total. The van der Waals surface area contributed by atoms with E-state index in [2.05, 4.69) is 5.32 Å². The molecule has 0 saturated carbocycles. The Morgan fingerprint density at radius 1 is 1.35 bits per heavy atom. The van der Waals surface area contributed by atoms with Crippen molar-refractivity contribution in [3.05, 3.63) is 23.8 Å². The number of hydrogen-bond acceptors (Lipinski definition) is 4. The molecule has 1 rings (SSSR count). The molecule has 0 fully saturated rings. The second kappa shape index (κ2) is 8.31. The van der Waals surface area contributed by atoms with Gasteiger partial charge < -0.3 is 10.1 Å². The van der Waals surface area contributed by atoms with Crippen LogP contribution in [0.5, 0.6) is 5.75 Å². The number of hydrogen-bond donors (Lipinski definition) is 1.